The van der Waals surface area contributed by atoms with Gasteiger partial charge in [0.1, 0.15) is 5.82 Å². The topological polar surface area (TPSA) is 24.9 Å². The SMILES string of the molecule is C=C(Nc1cc(C)cc(-c2ccccc2C(F)(F)F)n1)c1ccccc1C. The van der Waals surface area contributed by atoms with E-state index in [0.717, 1.165) is 22.8 Å². The third-order valence-corrected chi connectivity index (χ3v) is 4.23. The summed E-state index contributed by atoms with van der Waals surface area (Å²) in [6.45, 7) is 7.83. The van der Waals surface area contributed by atoms with Crippen LogP contribution in [0.25, 0.3) is 17.0 Å². The van der Waals surface area contributed by atoms with Gasteiger partial charge in [0, 0.05) is 16.8 Å². The number of anilines is 1. The van der Waals surface area contributed by atoms with Crippen LogP contribution in [-0.4, -0.2) is 4.98 Å². The molecule has 0 unspecified atom stereocenters. The second kappa shape index (κ2) is 7.27. The molecule has 0 fully saturated rings. The fourth-order valence-corrected chi connectivity index (χ4v) is 2.96. The summed E-state index contributed by atoms with van der Waals surface area (Å²) in [4.78, 5) is 4.40. The molecule has 0 aliphatic carbocycles. The molecule has 3 aromatic rings. The van der Waals surface area contributed by atoms with Crippen LogP contribution in [0.5, 0.6) is 0 Å². The van der Waals surface area contributed by atoms with Gasteiger partial charge in [-0.15, -0.1) is 0 Å². The Morgan fingerprint density at radius 1 is 0.963 bits per heavy atom. The number of nitrogens with one attached hydrogen (secondary N) is 1. The van der Waals surface area contributed by atoms with Gasteiger partial charge in [-0.25, -0.2) is 4.98 Å². The van der Waals surface area contributed by atoms with Gasteiger partial charge in [-0.2, -0.15) is 13.2 Å². The van der Waals surface area contributed by atoms with Gasteiger partial charge < -0.3 is 5.32 Å². The van der Waals surface area contributed by atoms with E-state index in [1.165, 1.54) is 12.1 Å². The number of rotatable bonds is 4. The smallest absolute Gasteiger partial charge is 0.340 e. The minimum absolute atomic E-state index is 0.0539. The summed E-state index contributed by atoms with van der Waals surface area (Å²) in [7, 11) is 0. The second-order valence-corrected chi connectivity index (χ2v) is 6.38. The Hall–Kier alpha value is -3.08. The zero-order chi connectivity index (χ0) is 19.6. The lowest BCUT2D eigenvalue weighted by Crippen LogP contribution is -2.08. The van der Waals surface area contributed by atoms with Crippen LogP contribution in [0.15, 0.2) is 67.2 Å². The molecule has 0 bridgehead atoms. The highest BCUT2D eigenvalue weighted by Crippen LogP contribution is 2.37. The Morgan fingerprint density at radius 2 is 1.63 bits per heavy atom. The molecule has 1 N–H and O–H groups in total. The molecule has 0 saturated carbocycles. The van der Waals surface area contributed by atoms with E-state index < -0.39 is 11.7 Å². The molecule has 0 saturated heterocycles. The van der Waals surface area contributed by atoms with Crippen molar-refractivity contribution in [2.24, 2.45) is 0 Å². The third kappa shape index (κ3) is 4.19. The highest BCUT2D eigenvalue weighted by Gasteiger charge is 2.33. The van der Waals surface area contributed by atoms with Crippen molar-refractivity contribution in [3.63, 3.8) is 0 Å². The first kappa shape index (κ1) is 18.7. The van der Waals surface area contributed by atoms with Crippen molar-refractivity contribution < 1.29 is 13.2 Å². The van der Waals surface area contributed by atoms with Crippen molar-refractivity contribution in [2.75, 3.05) is 5.32 Å². The van der Waals surface area contributed by atoms with Crippen LogP contribution < -0.4 is 5.32 Å². The van der Waals surface area contributed by atoms with Crippen LogP contribution in [0.4, 0.5) is 19.0 Å². The number of alkyl halides is 3. The maximum Gasteiger partial charge on any atom is 0.417 e. The van der Waals surface area contributed by atoms with Crippen molar-refractivity contribution in [3.05, 3.63) is 89.5 Å². The monoisotopic (exact) mass is 368 g/mol. The molecule has 2 aromatic carbocycles. The van der Waals surface area contributed by atoms with Crippen LogP contribution in [-0.2, 0) is 6.18 Å². The Labute approximate surface area is 156 Å². The molecule has 0 aliphatic heterocycles. The number of benzene rings is 2. The van der Waals surface area contributed by atoms with E-state index in [2.05, 4.69) is 16.9 Å². The van der Waals surface area contributed by atoms with Crippen molar-refractivity contribution in [1.29, 1.82) is 0 Å². The highest BCUT2D eigenvalue weighted by molar-refractivity contribution is 5.77. The maximum atomic E-state index is 13.4. The average molecular weight is 368 g/mol. The third-order valence-electron chi connectivity index (χ3n) is 4.23. The largest absolute Gasteiger partial charge is 0.417 e. The predicted octanol–water partition coefficient (Wildman–Crippen LogP) is 6.47. The molecular weight excluding hydrogens is 349 g/mol. The normalized spacial score (nSPS) is 11.3. The molecule has 0 radical (unpaired) electrons. The van der Waals surface area contributed by atoms with Gasteiger partial charge >= 0.3 is 6.18 Å². The van der Waals surface area contributed by atoms with Crippen molar-refractivity contribution >= 4 is 11.5 Å². The summed E-state index contributed by atoms with van der Waals surface area (Å²) in [6, 6.07) is 16.6. The highest BCUT2D eigenvalue weighted by atomic mass is 19.4. The standard InChI is InChI=1S/C22H19F3N2/c1-14-12-20(18-10-6-7-11-19(18)22(23,24)25)27-21(13-14)26-16(3)17-9-5-4-8-15(17)2/h4-13H,3H2,1-2H3,(H,26,27). The molecule has 0 atom stereocenters. The van der Waals surface area contributed by atoms with Crippen molar-refractivity contribution in [2.45, 2.75) is 20.0 Å². The zero-order valence-corrected chi connectivity index (χ0v) is 15.1. The Bertz CT molecular complexity index is 991. The van der Waals surface area contributed by atoms with Gasteiger partial charge in [0.25, 0.3) is 0 Å². The molecule has 27 heavy (non-hydrogen) atoms. The number of pyridine rings is 1. The number of aryl methyl sites for hydroxylation is 2. The molecule has 1 heterocycles. The lowest BCUT2D eigenvalue weighted by atomic mass is 10.0. The summed E-state index contributed by atoms with van der Waals surface area (Å²) in [6.07, 6.45) is -4.44. The van der Waals surface area contributed by atoms with Crippen LogP contribution in [0, 0.1) is 13.8 Å². The fraction of sp³-hybridized carbons (Fsp3) is 0.136. The molecule has 1 aromatic heterocycles. The molecule has 0 amide bonds. The fourth-order valence-electron chi connectivity index (χ4n) is 2.96. The van der Waals surface area contributed by atoms with Crippen molar-refractivity contribution in [3.8, 4) is 11.3 Å². The first-order valence-electron chi connectivity index (χ1n) is 8.43. The summed E-state index contributed by atoms with van der Waals surface area (Å²) < 4.78 is 40.1. The van der Waals surface area contributed by atoms with Crippen molar-refractivity contribution in [1.82, 2.24) is 4.98 Å². The summed E-state index contributed by atoms with van der Waals surface area (Å²) in [5.41, 5.74) is 3.04. The summed E-state index contributed by atoms with van der Waals surface area (Å²) in [5.74, 6) is 0.454. The Morgan fingerprint density at radius 3 is 2.33 bits per heavy atom. The molecule has 5 heteroatoms. The number of halogens is 3. The van der Waals surface area contributed by atoms with Gasteiger partial charge in [0.05, 0.1) is 11.3 Å². The Balaban J connectivity index is 1.99. The lowest BCUT2D eigenvalue weighted by Gasteiger charge is -2.15. The van der Waals surface area contributed by atoms with Gasteiger partial charge in [-0.3, -0.25) is 0 Å². The molecule has 138 valence electrons. The minimum Gasteiger partial charge on any atom is -0.340 e. The molecule has 2 nitrogen and oxygen atoms in total. The number of nitrogens with zero attached hydrogens (tertiary/aromatic N) is 1. The molecule has 0 spiro atoms. The first-order valence-corrected chi connectivity index (χ1v) is 8.43. The quantitative estimate of drug-likeness (QED) is 0.571. The van der Waals surface area contributed by atoms with Gasteiger partial charge in [-0.1, -0.05) is 49.0 Å². The average Bonchev–Trinajstić information content (AvgIpc) is 2.61. The van der Waals surface area contributed by atoms with E-state index in [-0.39, 0.29) is 11.3 Å². The van der Waals surface area contributed by atoms with E-state index in [1.54, 1.807) is 18.2 Å². The van der Waals surface area contributed by atoms with E-state index in [4.69, 9.17) is 0 Å². The molecular formula is C22H19F3N2. The lowest BCUT2D eigenvalue weighted by molar-refractivity contribution is -0.137. The predicted molar refractivity (Wildman–Crippen MR) is 103 cm³/mol. The maximum absolute atomic E-state index is 13.4. The van der Waals surface area contributed by atoms with Crippen LogP contribution >= 0.6 is 0 Å². The van der Waals surface area contributed by atoms with Crippen LogP contribution in [0.2, 0.25) is 0 Å². The Kier molecular flexibility index (Phi) is 5.04. The van der Waals surface area contributed by atoms with E-state index in [1.807, 2.05) is 38.1 Å². The van der Waals surface area contributed by atoms with Gasteiger partial charge in [-0.05, 0) is 43.2 Å². The van der Waals surface area contributed by atoms with Gasteiger partial charge in [0.15, 0.2) is 0 Å². The number of aromatic nitrogens is 1. The van der Waals surface area contributed by atoms with E-state index in [9.17, 15) is 13.2 Å². The van der Waals surface area contributed by atoms with E-state index in [0.29, 0.717) is 11.5 Å². The van der Waals surface area contributed by atoms with Gasteiger partial charge in [0.2, 0.25) is 0 Å². The van der Waals surface area contributed by atoms with Crippen LogP contribution in [0.1, 0.15) is 22.3 Å². The second-order valence-electron chi connectivity index (χ2n) is 6.38. The number of hydrogen-bond donors (Lipinski definition) is 1. The zero-order valence-electron chi connectivity index (χ0n) is 15.1. The first-order chi connectivity index (χ1) is 12.8. The minimum atomic E-state index is -4.44. The number of hydrogen-bond acceptors (Lipinski definition) is 2. The molecule has 3 rings (SSSR count). The summed E-state index contributed by atoms with van der Waals surface area (Å²) >= 11 is 0. The van der Waals surface area contributed by atoms with Crippen LogP contribution in [0.3, 0.4) is 0 Å². The van der Waals surface area contributed by atoms with E-state index >= 15 is 0 Å². The molecule has 0 aliphatic rings. The summed E-state index contributed by atoms with van der Waals surface area (Å²) in [5, 5.41) is 3.12.